The zero-order valence-corrected chi connectivity index (χ0v) is 15.1. The van der Waals surface area contributed by atoms with Crippen LogP contribution in [0.3, 0.4) is 0 Å². The molecule has 1 N–H and O–H groups in total. The molecule has 6 atom stereocenters. The first-order chi connectivity index (χ1) is 13.8. The van der Waals surface area contributed by atoms with Gasteiger partial charge in [0, 0.05) is 10.5 Å². The monoisotopic (exact) mass is 383 g/mol. The highest BCUT2D eigenvalue weighted by Crippen LogP contribution is 2.36. The Hall–Kier alpha value is -2.45. The van der Waals surface area contributed by atoms with E-state index in [2.05, 4.69) is 10.0 Å². The Morgan fingerprint density at radius 3 is 2.50 bits per heavy atom. The van der Waals surface area contributed by atoms with E-state index in [0.717, 1.165) is 11.1 Å². The number of rotatable bonds is 5. The lowest BCUT2D eigenvalue weighted by Gasteiger charge is -2.47. The summed E-state index contributed by atoms with van der Waals surface area (Å²) in [6, 6.07) is 18.3. The van der Waals surface area contributed by atoms with Crippen LogP contribution >= 0.6 is 0 Å². The van der Waals surface area contributed by atoms with Gasteiger partial charge in [0.05, 0.1) is 13.2 Å². The van der Waals surface area contributed by atoms with Crippen LogP contribution in [0, 0.1) is 0 Å². The molecule has 0 amide bonds. The van der Waals surface area contributed by atoms with Crippen LogP contribution in [0.15, 0.2) is 65.8 Å². The third kappa shape index (κ3) is 4.02. The van der Waals surface area contributed by atoms with Crippen LogP contribution < -0.4 is 0 Å². The second kappa shape index (κ2) is 8.70. The first kappa shape index (κ1) is 18.9. The van der Waals surface area contributed by atoms with E-state index < -0.39 is 36.9 Å². The summed E-state index contributed by atoms with van der Waals surface area (Å²) in [6.07, 6.45) is -3.64. The molecule has 4 rings (SSSR count). The zero-order valence-electron chi connectivity index (χ0n) is 15.1. The lowest BCUT2D eigenvalue weighted by atomic mass is 9.96. The third-order valence-corrected chi connectivity index (χ3v) is 4.87. The molecule has 2 heterocycles. The van der Waals surface area contributed by atoms with Gasteiger partial charge in [-0.25, -0.2) is 0 Å². The smallest absolute Gasteiger partial charge is 0.184 e. The molecule has 2 saturated heterocycles. The van der Waals surface area contributed by atoms with Crippen molar-refractivity contribution in [1.29, 1.82) is 0 Å². The fourth-order valence-corrected chi connectivity index (χ4v) is 3.50. The van der Waals surface area contributed by atoms with Gasteiger partial charge in [0.15, 0.2) is 12.6 Å². The number of benzene rings is 2. The largest absolute Gasteiger partial charge is 0.370 e. The number of hydrogen-bond acceptors (Lipinski definition) is 6. The van der Waals surface area contributed by atoms with Gasteiger partial charge in [0.2, 0.25) is 0 Å². The predicted molar refractivity (Wildman–Crippen MR) is 98.8 cm³/mol. The normalized spacial score (nSPS) is 32.2. The molecule has 2 aliphatic rings. The van der Waals surface area contributed by atoms with E-state index in [1.807, 2.05) is 60.7 Å². The van der Waals surface area contributed by atoms with Crippen molar-refractivity contribution in [1.82, 2.24) is 0 Å². The van der Waals surface area contributed by atoms with Crippen molar-refractivity contribution in [2.45, 2.75) is 43.5 Å². The molecule has 8 nitrogen and oxygen atoms in total. The molecule has 2 aromatic carbocycles. The van der Waals surface area contributed by atoms with Gasteiger partial charge < -0.3 is 24.1 Å². The first-order valence-corrected chi connectivity index (χ1v) is 9.11. The van der Waals surface area contributed by atoms with Crippen molar-refractivity contribution in [3.63, 3.8) is 0 Å². The Morgan fingerprint density at radius 1 is 1.07 bits per heavy atom. The fourth-order valence-electron chi connectivity index (χ4n) is 3.50. The highest BCUT2D eigenvalue weighted by Gasteiger charge is 2.50. The number of fused-ring (bicyclic) bond motifs is 1. The number of ether oxygens (including phenoxy) is 4. The van der Waals surface area contributed by atoms with Crippen molar-refractivity contribution in [2.75, 3.05) is 6.61 Å². The summed E-state index contributed by atoms with van der Waals surface area (Å²) < 4.78 is 23.6. The van der Waals surface area contributed by atoms with Gasteiger partial charge in [-0.1, -0.05) is 65.8 Å². The third-order valence-electron chi connectivity index (χ3n) is 4.87. The summed E-state index contributed by atoms with van der Waals surface area (Å²) in [5, 5.41) is 14.0. The molecule has 0 saturated carbocycles. The lowest BCUT2D eigenvalue weighted by molar-refractivity contribution is -0.341. The summed E-state index contributed by atoms with van der Waals surface area (Å²) in [4.78, 5) is 2.85. The minimum atomic E-state index is -1.29. The highest BCUT2D eigenvalue weighted by molar-refractivity contribution is 5.17. The molecule has 0 bridgehead atoms. The molecule has 0 aliphatic carbocycles. The van der Waals surface area contributed by atoms with E-state index in [1.165, 1.54) is 0 Å². The molecule has 2 unspecified atom stereocenters. The molecule has 2 fully saturated rings. The molecule has 28 heavy (non-hydrogen) atoms. The van der Waals surface area contributed by atoms with Gasteiger partial charge in [0.1, 0.15) is 24.4 Å². The molecule has 2 aliphatic heterocycles. The standard InChI is InChI=1S/C20H21N3O5/c21-23-22-16-18(25-11-13-7-3-1-4-8-13)17-15(27-19(16)24)12-26-20(28-17)14-9-5-2-6-10-14/h1-10,15-20,24H,11-12H2/t15-,16-,17-,18-,19?,20?/m1/s1. The summed E-state index contributed by atoms with van der Waals surface area (Å²) in [7, 11) is 0. The maximum atomic E-state index is 10.3. The van der Waals surface area contributed by atoms with E-state index >= 15 is 0 Å². The molecule has 0 aromatic heterocycles. The van der Waals surface area contributed by atoms with Gasteiger partial charge >= 0.3 is 0 Å². The maximum absolute atomic E-state index is 10.3. The SMILES string of the molecule is [N-]=[N+]=N[C@H]1C(O)O[C@@H]2COC(c3ccccc3)O[C@H]2[C@@H]1OCc1ccccc1. The molecule has 146 valence electrons. The minimum absolute atomic E-state index is 0.232. The highest BCUT2D eigenvalue weighted by atomic mass is 16.7. The van der Waals surface area contributed by atoms with Crippen LogP contribution in [0.1, 0.15) is 17.4 Å². The van der Waals surface area contributed by atoms with E-state index in [0.29, 0.717) is 6.61 Å². The Labute approximate surface area is 162 Å². The van der Waals surface area contributed by atoms with Crippen molar-refractivity contribution in [3.05, 3.63) is 82.2 Å². The topological polar surface area (TPSA) is 106 Å². The molecular formula is C20H21N3O5. The Kier molecular flexibility index (Phi) is 5.87. The molecule has 2 aromatic rings. The number of aliphatic hydroxyl groups is 1. The van der Waals surface area contributed by atoms with Gasteiger partial charge in [-0.15, -0.1) is 0 Å². The Balaban J connectivity index is 1.56. The zero-order chi connectivity index (χ0) is 19.3. The first-order valence-electron chi connectivity index (χ1n) is 9.11. The fraction of sp³-hybridized carbons (Fsp3) is 0.400. The maximum Gasteiger partial charge on any atom is 0.184 e. The molecule has 0 radical (unpaired) electrons. The van der Waals surface area contributed by atoms with Crippen LogP contribution in [0.5, 0.6) is 0 Å². The van der Waals surface area contributed by atoms with Crippen LogP contribution in [-0.2, 0) is 25.6 Å². The Bertz CT molecular complexity index is 815. The predicted octanol–water partition coefficient (Wildman–Crippen LogP) is 3.08. The average molecular weight is 383 g/mol. The second-order valence-electron chi connectivity index (χ2n) is 6.70. The lowest BCUT2D eigenvalue weighted by Crippen LogP contribution is -2.61. The van der Waals surface area contributed by atoms with Gasteiger partial charge in [-0.05, 0) is 11.1 Å². The van der Waals surface area contributed by atoms with Crippen molar-refractivity contribution in [2.24, 2.45) is 5.11 Å². The summed E-state index contributed by atoms with van der Waals surface area (Å²) in [5.74, 6) is 0. The molecule has 0 spiro atoms. The molecule has 8 heteroatoms. The quantitative estimate of drug-likeness (QED) is 0.485. The summed E-state index contributed by atoms with van der Waals surface area (Å²) >= 11 is 0. The van der Waals surface area contributed by atoms with Crippen LogP contribution in [0.2, 0.25) is 0 Å². The average Bonchev–Trinajstić information content (AvgIpc) is 2.75. The van der Waals surface area contributed by atoms with Crippen LogP contribution in [0.4, 0.5) is 0 Å². The number of nitrogens with zero attached hydrogens (tertiary/aromatic N) is 3. The van der Waals surface area contributed by atoms with Crippen molar-refractivity contribution in [3.8, 4) is 0 Å². The van der Waals surface area contributed by atoms with Crippen molar-refractivity contribution < 1.29 is 24.1 Å². The van der Waals surface area contributed by atoms with E-state index in [-0.39, 0.29) is 6.61 Å². The number of aliphatic hydroxyl groups excluding tert-OH is 1. The second-order valence-corrected chi connectivity index (χ2v) is 6.70. The Morgan fingerprint density at radius 2 is 1.79 bits per heavy atom. The summed E-state index contributed by atoms with van der Waals surface area (Å²) in [6.45, 7) is 0.522. The molecular weight excluding hydrogens is 362 g/mol. The van der Waals surface area contributed by atoms with Gasteiger partial charge in [0.25, 0.3) is 0 Å². The van der Waals surface area contributed by atoms with Gasteiger partial charge in [-0.2, -0.15) is 0 Å². The van der Waals surface area contributed by atoms with E-state index in [4.69, 9.17) is 24.5 Å². The van der Waals surface area contributed by atoms with E-state index in [1.54, 1.807) is 0 Å². The van der Waals surface area contributed by atoms with Crippen molar-refractivity contribution >= 4 is 0 Å². The van der Waals surface area contributed by atoms with E-state index in [9.17, 15) is 5.11 Å². The van der Waals surface area contributed by atoms with Gasteiger partial charge in [-0.3, -0.25) is 0 Å². The number of azide groups is 1. The minimum Gasteiger partial charge on any atom is -0.370 e. The number of hydrogen-bond donors (Lipinski definition) is 1. The van der Waals surface area contributed by atoms with Crippen LogP contribution in [0.25, 0.3) is 10.4 Å². The van der Waals surface area contributed by atoms with Crippen LogP contribution in [-0.4, -0.2) is 42.4 Å². The summed E-state index contributed by atoms with van der Waals surface area (Å²) in [5.41, 5.74) is 10.8.